The standard InChI is InChI=1S/C19H19F2N3OS/c20-8-12(9-21)10-24-11-17(16-5-4-15(22)7-18(16)24)13-2-1-3-14(6-13)19(25)23-26/h1-7,11-12,26H,8-10,22H2,(H,23,25). The Balaban J connectivity index is 2.13. The number of hydrogen-bond acceptors (Lipinski definition) is 3. The van der Waals surface area contributed by atoms with Crippen LogP contribution in [0.2, 0.25) is 0 Å². The lowest BCUT2D eigenvalue weighted by molar-refractivity contribution is 0.0985. The number of halogens is 2. The Labute approximate surface area is 155 Å². The van der Waals surface area contributed by atoms with Gasteiger partial charge in [0, 0.05) is 40.9 Å². The van der Waals surface area contributed by atoms with Crippen molar-refractivity contribution >= 4 is 35.3 Å². The molecule has 0 unspecified atom stereocenters. The Hall–Kier alpha value is -2.54. The molecule has 0 aliphatic carbocycles. The molecule has 0 bridgehead atoms. The molecule has 136 valence electrons. The molecule has 3 aromatic rings. The zero-order valence-electron chi connectivity index (χ0n) is 14.0. The van der Waals surface area contributed by atoms with E-state index in [0.717, 1.165) is 22.0 Å². The number of anilines is 1. The Bertz CT molecular complexity index is 938. The molecule has 3 N–H and O–H groups in total. The lowest BCUT2D eigenvalue weighted by atomic mass is 10.0. The quantitative estimate of drug-likeness (QED) is 0.450. The van der Waals surface area contributed by atoms with Crippen LogP contribution in [-0.4, -0.2) is 23.8 Å². The Morgan fingerprint density at radius 3 is 2.65 bits per heavy atom. The third kappa shape index (κ3) is 3.53. The number of carbonyl (C=O) groups excluding carboxylic acids is 1. The number of thiol groups is 1. The Morgan fingerprint density at radius 2 is 1.96 bits per heavy atom. The molecule has 7 heteroatoms. The van der Waals surface area contributed by atoms with Crippen molar-refractivity contribution in [3.05, 3.63) is 54.2 Å². The van der Waals surface area contributed by atoms with Gasteiger partial charge in [-0.25, -0.2) is 0 Å². The first kappa shape index (κ1) is 18.3. The highest BCUT2D eigenvalue weighted by molar-refractivity contribution is 7.78. The monoisotopic (exact) mass is 375 g/mol. The van der Waals surface area contributed by atoms with Gasteiger partial charge in [0.05, 0.1) is 18.9 Å². The van der Waals surface area contributed by atoms with Gasteiger partial charge in [0.25, 0.3) is 5.91 Å². The van der Waals surface area contributed by atoms with E-state index < -0.39 is 19.3 Å². The molecular weight excluding hydrogens is 356 g/mol. The summed E-state index contributed by atoms with van der Waals surface area (Å²) in [6.45, 7) is -1.25. The number of hydrogen-bond donors (Lipinski definition) is 3. The average Bonchev–Trinajstić information content (AvgIpc) is 3.03. The zero-order chi connectivity index (χ0) is 18.7. The predicted octanol–water partition coefficient (Wildman–Crippen LogP) is 4.02. The molecule has 0 spiro atoms. The highest BCUT2D eigenvalue weighted by Gasteiger charge is 2.16. The van der Waals surface area contributed by atoms with E-state index in [0.29, 0.717) is 11.3 Å². The first-order valence-corrected chi connectivity index (χ1v) is 8.57. The number of aromatic nitrogens is 1. The van der Waals surface area contributed by atoms with Crippen LogP contribution in [0.5, 0.6) is 0 Å². The predicted molar refractivity (Wildman–Crippen MR) is 104 cm³/mol. The number of benzene rings is 2. The molecule has 1 heterocycles. The van der Waals surface area contributed by atoms with Crippen LogP contribution in [0.3, 0.4) is 0 Å². The molecule has 26 heavy (non-hydrogen) atoms. The van der Waals surface area contributed by atoms with Crippen LogP contribution < -0.4 is 10.5 Å². The molecule has 1 aromatic heterocycles. The van der Waals surface area contributed by atoms with Crippen LogP contribution in [0.1, 0.15) is 10.4 Å². The number of nitrogens with one attached hydrogen (secondary N) is 1. The van der Waals surface area contributed by atoms with Crippen molar-refractivity contribution in [3.63, 3.8) is 0 Å². The lowest BCUT2D eigenvalue weighted by Gasteiger charge is -2.11. The maximum atomic E-state index is 13.0. The third-order valence-corrected chi connectivity index (χ3v) is 4.54. The molecule has 0 radical (unpaired) electrons. The minimum absolute atomic E-state index is 0.212. The first-order chi connectivity index (χ1) is 12.6. The number of carbonyl (C=O) groups is 1. The lowest BCUT2D eigenvalue weighted by Crippen LogP contribution is -2.14. The topological polar surface area (TPSA) is 60.1 Å². The zero-order valence-corrected chi connectivity index (χ0v) is 14.8. The second kappa shape index (κ2) is 7.78. The number of alkyl halides is 2. The molecule has 1 amide bonds. The van der Waals surface area contributed by atoms with Crippen LogP contribution in [0.4, 0.5) is 14.5 Å². The average molecular weight is 375 g/mol. The van der Waals surface area contributed by atoms with Gasteiger partial charge >= 0.3 is 0 Å². The van der Waals surface area contributed by atoms with Gasteiger partial charge < -0.3 is 10.3 Å². The van der Waals surface area contributed by atoms with E-state index in [1.165, 1.54) is 0 Å². The number of amides is 1. The summed E-state index contributed by atoms with van der Waals surface area (Å²) < 4.78 is 30.1. The van der Waals surface area contributed by atoms with Crippen LogP contribution in [0.25, 0.3) is 22.0 Å². The van der Waals surface area contributed by atoms with Crippen LogP contribution in [0, 0.1) is 5.92 Å². The largest absolute Gasteiger partial charge is 0.399 e. The summed E-state index contributed by atoms with van der Waals surface area (Å²) in [7, 11) is 0. The smallest absolute Gasteiger partial charge is 0.260 e. The number of fused-ring (bicyclic) bond motifs is 1. The summed E-state index contributed by atoms with van der Waals surface area (Å²) in [5.74, 6) is -1.01. The summed E-state index contributed by atoms with van der Waals surface area (Å²) in [4.78, 5) is 11.8. The van der Waals surface area contributed by atoms with Gasteiger partial charge in [0.2, 0.25) is 0 Å². The molecule has 4 nitrogen and oxygen atoms in total. The van der Waals surface area contributed by atoms with Gasteiger partial charge in [0.1, 0.15) is 0 Å². The van der Waals surface area contributed by atoms with E-state index in [1.54, 1.807) is 30.3 Å². The minimum Gasteiger partial charge on any atom is -0.399 e. The maximum absolute atomic E-state index is 13.0. The number of rotatable bonds is 6. The number of nitrogens with two attached hydrogens (primary N) is 1. The second-order valence-corrected chi connectivity index (χ2v) is 6.39. The fraction of sp³-hybridized carbons (Fsp3) is 0.211. The van der Waals surface area contributed by atoms with Gasteiger partial charge in [-0.3, -0.25) is 18.3 Å². The molecule has 2 aromatic carbocycles. The Kier molecular flexibility index (Phi) is 5.46. The summed E-state index contributed by atoms with van der Waals surface area (Å²) >= 11 is 3.79. The fourth-order valence-corrected chi connectivity index (χ4v) is 3.13. The van der Waals surface area contributed by atoms with Gasteiger partial charge in [0.15, 0.2) is 0 Å². The van der Waals surface area contributed by atoms with E-state index >= 15 is 0 Å². The van der Waals surface area contributed by atoms with Crippen molar-refractivity contribution in [1.29, 1.82) is 0 Å². The van der Waals surface area contributed by atoms with Crippen LogP contribution in [-0.2, 0) is 6.54 Å². The van der Waals surface area contributed by atoms with Gasteiger partial charge in [-0.1, -0.05) is 31.0 Å². The SMILES string of the molecule is Nc1ccc2c(-c3cccc(C(=O)NS)c3)cn(CC(CF)CF)c2c1. The molecule has 0 fully saturated rings. The van der Waals surface area contributed by atoms with Crippen molar-refractivity contribution in [1.82, 2.24) is 9.29 Å². The highest BCUT2D eigenvalue weighted by atomic mass is 32.1. The van der Waals surface area contributed by atoms with Crippen LogP contribution in [0.15, 0.2) is 48.7 Å². The second-order valence-electron chi connectivity index (χ2n) is 6.17. The molecule has 0 aliphatic rings. The summed E-state index contributed by atoms with van der Waals surface area (Å²) in [5.41, 5.74) is 9.43. The van der Waals surface area contributed by atoms with E-state index in [9.17, 15) is 13.6 Å². The van der Waals surface area contributed by atoms with Crippen molar-refractivity contribution < 1.29 is 13.6 Å². The molecule has 0 atom stereocenters. The van der Waals surface area contributed by atoms with Gasteiger partial charge in [-0.05, 0) is 29.8 Å². The van der Waals surface area contributed by atoms with Gasteiger partial charge in [-0.15, -0.1) is 0 Å². The minimum atomic E-state index is -0.731. The van der Waals surface area contributed by atoms with Crippen molar-refractivity contribution in [2.75, 3.05) is 19.1 Å². The third-order valence-electron chi connectivity index (χ3n) is 4.33. The summed E-state index contributed by atoms with van der Waals surface area (Å²) in [6, 6.07) is 12.5. The normalized spacial score (nSPS) is 11.2. The molecule has 0 saturated heterocycles. The van der Waals surface area contributed by atoms with Crippen LogP contribution >= 0.6 is 12.8 Å². The Morgan fingerprint density at radius 1 is 1.19 bits per heavy atom. The van der Waals surface area contributed by atoms with Crippen molar-refractivity contribution in [3.8, 4) is 11.1 Å². The number of nitrogen functional groups attached to an aromatic ring is 1. The van der Waals surface area contributed by atoms with E-state index in [4.69, 9.17) is 5.73 Å². The summed E-state index contributed by atoms with van der Waals surface area (Å²) in [6.07, 6.45) is 1.85. The van der Waals surface area contributed by atoms with E-state index in [1.807, 2.05) is 22.9 Å². The molecular formula is C19H19F2N3OS. The highest BCUT2D eigenvalue weighted by Crippen LogP contribution is 2.33. The maximum Gasteiger partial charge on any atom is 0.260 e. The summed E-state index contributed by atoms with van der Waals surface area (Å²) in [5, 5.41) is 0.902. The van der Waals surface area contributed by atoms with Crippen molar-refractivity contribution in [2.45, 2.75) is 6.54 Å². The molecule has 0 saturated carbocycles. The molecule has 3 rings (SSSR count). The first-order valence-electron chi connectivity index (χ1n) is 8.12. The van der Waals surface area contributed by atoms with E-state index in [-0.39, 0.29) is 12.5 Å². The van der Waals surface area contributed by atoms with Crippen molar-refractivity contribution in [2.24, 2.45) is 5.92 Å². The van der Waals surface area contributed by atoms with Gasteiger partial charge in [-0.2, -0.15) is 0 Å². The van der Waals surface area contributed by atoms with E-state index in [2.05, 4.69) is 17.5 Å². The fourth-order valence-electron chi connectivity index (χ4n) is 3.00. The molecule has 0 aliphatic heterocycles. The number of nitrogens with zero attached hydrogens (tertiary/aromatic N) is 1.